The van der Waals surface area contributed by atoms with Crippen LogP contribution in [0.3, 0.4) is 0 Å². The summed E-state index contributed by atoms with van der Waals surface area (Å²) in [7, 11) is 0. The number of amides is 4. The van der Waals surface area contributed by atoms with Crippen LogP contribution in [0.1, 0.15) is 51.5 Å². The SMILES string of the molecule is CC(C)(C)[C@H](NC(=O)C(F)(F)F)C(=O)N1C[C@@H](c2ccccc2)C[C@H]1C(=O)N[C@H](C#N)C[C@@H]1CCNC1=O. The topological polar surface area (TPSA) is 131 Å². The molecule has 3 N–H and O–H groups in total. The van der Waals surface area contributed by atoms with Crippen molar-refractivity contribution in [2.24, 2.45) is 11.3 Å². The molecule has 2 fully saturated rings. The van der Waals surface area contributed by atoms with E-state index in [2.05, 4.69) is 10.6 Å². The van der Waals surface area contributed by atoms with Gasteiger partial charge in [-0.3, -0.25) is 19.2 Å². The van der Waals surface area contributed by atoms with E-state index in [1.807, 2.05) is 29.6 Å². The quantitative estimate of drug-likeness (QED) is 0.492. The molecule has 0 saturated carbocycles. The average Bonchev–Trinajstić information content (AvgIpc) is 3.47. The van der Waals surface area contributed by atoms with Crippen LogP contribution in [0.25, 0.3) is 0 Å². The van der Waals surface area contributed by atoms with Gasteiger partial charge in [-0.15, -0.1) is 0 Å². The highest BCUT2D eigenvalue weighted by atomic mass is 19.4. The van der Waals surface area contributed by atoms with Crippen molar-refractivity contribution in [1.82, 2.24) is 20.9 Å². The Kier molecular flexibility index (Phi) is 8.69. The van der Waals surface area contributed by atoms with Gasteiger partial charge in [0.05, 0.1) is 6.07 Å². The third-order valence-electron chi connectivity index (χ3n) is 6.96. The van der Waals surface area contributed by atoms with Gasteiger partial charge in [-0.1, -0.05) is 51.1 Å². The Hall–Kier alpha value is -3.62. The van der Waals surface area contributed by atoms with Crippen molar-refractivity contribution in [1.29, 1.82) is 5.26 Å². The van der Waals surface area contributed by atoms with E-state index < -0.39 is 53.4 Å². The first-order valence-corrected chi connectivity index (χ1v) is 12.4. The summed E-state index contributed by atoms with van der Waals surface area (Å²) in [5.74, 6) is -4.63. The number of carbonyl (C=O) groups is 4. The fraction of sp³-hybridized carbons (Fsp3) is 0.577. The molecule has 1 aromatic rings. The number of alkyl halides is 3. The molecular formula is C26H32F3N5O4. The van der Waals surface area contributed by atoms with Gasteiger partial charge in [0, 0.05) is 24.9 Å². The van der Waals surface area contributed by atoms with Crippen LogP contribution in [0.2, 0.25) is 0 Å². The summed E-state index contributed by atoms with van der Waals surface area (Å²) < 4.78 is 39.1. The lowest BCUT2D eigenvalue weighted by atomic mass is 9.85. The van der Waals surface area contributed by atoms with Gasteiger partial charge < -0.3 is 20.9 Å². The van der Waals surface area contributed by atoms with E-state index in [1.54, 1.807) is 12.1 Å². The van der Waals surface area contributed by atoms with Gasteiger partial charge in [-0.2, -0.15) is 18.4 Å². The zero-order valence-corrected chi connectivity index (χ0v) is 21.5. The summed E-state index contributed by atoms with van der Waals surface area (Å²) in [6, 6.07) is 7.41. The number of likely N-dealkylation sites (tertiary alicyclic amines) is 1. The van der Waals surface area contributed by atoms with Gasteiger partial charge in [0.15, 0.2) is 0 Å². The Morgan fingerprint density at radius 2 is 1.82 bits per heavy atom. The average molecular weight is 536 g/mol. The van der Waals surface area contributed by atoms with Crippen molar-refractivity contribution < 1.29 is 32.3 Å². The molecule has 3 rings (SSSR count). The highest BCUT2D eigenvalue weighted by Crippen LogP contribution is 2.34. The fourth-order valence-electron chi connectivity index (χ4n) is 4.89. The Balaban J connectivity index is 1.87. The maximum absolute atomic E-state index is 13.7. The summed E-state index contributed by atoms with van der Waals surface area (Å²) in [6.07, 6.45) is -4.38. The first kappa shape index (κ1) is 28.9. The first-order chi connectivity index (χ1) is 17.7. The zero-order chi connectivity index (χ0) is 28.3. The Morgan fingerprint density at radius 3 is 2.34 bits per heavy atom. The molecule has 0 bridgehead atoms. The molecule has 4 amide bonds. The van der Waals surface area contributed by atoms with Gasteiger partial charge in [-0.05, 0) is 30.2 Å². The lowest BCUT2D eigenvalue weighted by Gasteiger charge is -2.35. The van der Waals surface area contributed by atoms with Crippen LogP contribution in [0.4, 0.5) is 13.2 Å². The number of hydrogen-bond acceptors (Lipinski definition) is 5. The van der Waals surface area contributed by atoms with Crippen LogP contribution >= 0.6 is 0 Å². The second kappa shape index (κ2) is 11.4. The molecule has 0 aliphatic carbocycles. The van der Waals surface area contributed by atoms with Gasteiger partial charge >= 0.3 is 12.1 Å². The number of hydrogen-bond donors (Lipinski definition) is 3. The number of rotatable bonds is 7. The van der Waals surface area contributed by atoms with Crippen molar-refractivity contribution in [3.63, 3.8) is 0 Å². The minimum atomic E-state index is -5.19. The van der Waals surface area contributed by atoms with E-state index in [-0.39, 0.29) is 31.2 Å². The molecule has 9 nitrogen and oxygen atoms in total. The molecule has 38 heavy (non-hydrogen) atoms. The smallest absolute Gasteiger partial charge is 0.356 e. The van der Waals surface area contributed by atoms with Gasteiger partial charge in [0.2, 0.25) is 17.7 Å². The van der Waals surface area contributed by atoms with Gasteiger partial charge in [0.25, 0.3) is 0 Å². The molecule has 0 aromatic heterocycles. The molecule has 2 heterocycles. The standard InChI is InChI=1S/C26H32F3N5O4/c1-25(2,3)20(33-24(38)26(27,28)29)23(37)34-14-17(15-7-5-4-6-8-15)12-19(34)22(36)32-18(13-30)11-16-9-10-31-21(16)35/h4-8,16-20H,9-12,14H2,1-3H3,(H,31,35)(H,32,36)(H,33,38)/t16-,17-,18-,19-,20+/m0/s1. The third-order valence-corrected chi connectivity index (χ3v) is 6.96. The van der Waals surface area contributed by atoms with Gasteiger partial charge in [0.1, 0.15) is 18.1 Å². The predicted molar refractivity (Wildman–Crippen MR) is 130 cm³/mol. The van der Waals surface area contributed by atoms with Crippen LogP contribution in [0.5, 0.6) is 0 Å². The number of halogens is 3. The second-order valence-corrected chi connectivity index (χ2v) is 10.8. The van der Waals surface area contributed by atoms with Crippen LogP contribution in [-0.2, 0) is 19.2 Å². The Bertz CT molecular complexity index is 1100. The molecule has 0 spiro atoms. The normalized spacial score (nSPS) is 23.2. The van der Waals surface area contributed by atoms with Gasteiger partial charge in [-0.25, -0.2) is 0 Å². The lowest BCUT2D eigenvalue weighted by molar-refractivity contribution is -0.176. The summed E-state index contributed by atoms with van der Waals surface area (Å²) in [6.45, 7) is 5.08. The summed E-state index contributed by atoms with van der Waals surface area (Å²) >= 11 is 0. The number of carbonyl (C=O) groups excluding carboxylic acids is 4. The molecule has 0 unspecified atom stereocenters. The monoisotopic (exact) mass is 535 g/mol. The Morgan fingerprint density at radius 1 is 1.16 bits per heavy atom. The molecular weight excluding hydrogens is 503 g/mol. The largest absolute Gasteiger partial charge is 0.471 e. The maximum atomic E-state index is 13.7. The van der Waals surface area contributed by atoms with E-state index in [0.29, 0.717) is 13.0 Å². The number of nitriles is 1. The number of benzene rings is 1. The highest BCUT2D eigenvalue weighted by Gasteiger charge is 2.48. The third kappa shape index (κ3) is 6.82. The second-order valence-electron chi connectivity index (χ2n) is 10.8. The zero-order valence-electron chi connectivity index (χ0n) is 21.5. The van der Waals surface area contributed by atoms with Crippen molar-refractivity contribution in [3.8, 4) is 6.07 Å². The molecule has 5 atom stereocenters. The van der Waals surface area contributed by atoms with Crippen LogP contribution in [-0.4, -0.2) is 65.9 Å². The molecule has 12 heteroatoms. The molecule has 2 aliphatic rings. The molecule has 2 aliphatic heterocycles. The number of nitrogens with one attached hydrogen (secondary N) is 3. The maximum Gasteiger partial charge on any atom is 0.471 e. The van der Waals surface area contributed by atoms with E-state index >= 15 is 0 Å². The fourth-order valence-corrected chi connectivity index (χ4v) is 4.89. The van der Waals surface area contributed by atoms with E-state index in [4.69, 9.17) is 0 Å². The van der Waals surface area contributed by atoms with Crippen LogP contribution < -0.4 is 16.0 Å². The van der Waals surface area contributed by atoms with Crippen LogP contribution in [0, 0.1) is 22.7 Å². The van der Waals surface area contributed by atoms with Crippen molar-refractivity contribution in [2.75, 3.05) is 13.1 Å². The molecule has 0 radical (unpaired) electrons. The summed E-state index contributed by atoms with van der Waals surface area (Å²) in [5, 5.41) is 16.7. The predicted octanol–water partition coefficient (Wildman–Crippen LogP) is 2.00. The minimum absolute atomic E-state index is 0.0393. The lowest BCUT2D eigenvalue weighted by Crippen LogP contribution is -2.59. The molecule has 206 valence electrons. The number of nitrogens with zero attached hydrogens (tertiary/aromatic N) is 2. The van der Waals surface area contributed by atoms with Crippen molar-refractivity contribution in [3.05, 3.63) is 35.9 Å². The first-order valence-electron chi connectivity index (χ1n) is 12.4. The highest BCUT2D eigenvalue weighted by molar-refractivity contribution is 5.94. The van der Waals surface area contributed by atoms with E-state index in [9.17, 15) is 37.6 Å². The minimum Gasteiger partial charge on any atom is -0.356 e. The summed E-state index contributed by atoms with van der Waals surface area (Å²) in [4.78, 5) is 52.0. The van der Waals surface area contributed by atoms with E-state index in [0.717, 1.165) is 5.56 Å². The molecule has 1 aromatic carbocycles. The van der Waals surface area contributed by atoms with Crippen molar-refractivity contribution >= 4 is 23.6 Å². The van der Waals surface area contributed by atoms with Crippen molar-refractivity contribution in [2.45, 2.75) is 70.3 Å². The summed E-state index contributed by atoms with van der Waals surface area (Å²) in [5.41, 5.74) is -0.263. The molecule has 2 saturated heterocycles. The van der Waals surface area contributed by atoms with E-state index in [1.165, 1.54) is 25.7 Å². The Labute approximate surface area is 219 Å². The van der Waals surface area contributed by atoms with Crippen LogP contribution in [0.15, 0.2) is 30.3 Å².